The van der Waals surface area contributed by atoms with Crippen molar-refractivity contribution in [3.05, 3.63) is 126 Å². The van der Waals surface area contributed by atoms with Crippen molar-refractivity contribution < 1.29 is 28.7 Å². The molecular weight excluding hydrogens is 602 g/mol. The average Bonchev–Trinajstić information content (AvgIpc) is 3.06. The largest absolute Gasteiger partial charge is 0.493 e. The molecule has 236 valence electrons. The third-order valence-electron chi connectivity index (χ3n) is 6.49. The zero-order valence-electron chi connectivity index (χ0n) is 25.7. The van der Waals surface area contributed by atoms with Crippen LogP contribution < -0.4 is 20.7 Å². The Bertz CT molecular complexity index is 1710. The van der Waals surface area contributed by atoms with Gasteiger partial charge in [0.15, 0.2) is 0 Å². The third kappa shape index (κ3) is 9.57. The van der Waals surface area contributed by atoms with E-state index in [0.717, 1.165) is 4.90 Å². The minimum Gasteiger partial charge on any atom is -0.493 e. The number of carbonyl (C=O) groups is 4. The van der Waals surface area contributed by atoms with Gasteiger partial charge < -0.3 is 25.4 Å². The Morgan fingerprint density at radius 2 is 1.48 bits per heavy atom. The monoisotopic (exact) mass is 637 g/mol. The number of para-hydroxylation sites is 1. The lowest BCUT2D eigenvalue weighted by Crippen LogP contribution is -2.30. The maximum Gasteiger partial charge on any atom is 0.338 e. The summed E-state index contributed by atoms with van der Waals surface area (Å²) in [7, 11) is 0. The fraction of sp³-hybridized carbons (Fsp3) is 0.167. The molecule has 4 aromatic carbocycles. The van der Waals surface area contributed by atoms with Crippen LogP contribution in [0.4, 0.5) is 11.4 Å². The molecule has 1 atom stereocenters. The molecule has 0 aromatic heterocycles. The molecule has 0 aliphatic rings. The van der Waals surface area contributed by atoms with E-state index in [9.17, 15) is 19.2 Å². The SMILES string of the molecule is CCOC(=O)c1ccc(NC(=O)C(C)Sc2cccc(NC(=O)/C(=C\c3ccccc3OCC)NC(=O)c3ccccc3)c2)cc1. The molecule has 0 fully saturated rings. The van der Waals surface area contributed by atoms with Crippen molar-refractivity contribution in [3.8, 4) is 5.75 Å². The highest BCUT2D eigenvalue weighted by Crippen LogP contribution is 2.27. The Morgan fingerprint density at radius 3 is 2.20 bits per heavy atom. The van der Waals surface area contributed by atoms with Gasteiger partial charge in [0, 0.05) is 27.4 Å². The summed E-state index contributed by atoms with van der Waals surface area (Å²) in [6.07, 6.45) is 1.57. The van der Waals surface area contributed by atoms with Gasteiger partial charge in [-0.15, -0.1) is 11.8 Å². The van der Waals surface area contributed by atoms with E-state index in [2.05, 4.69) is 16.0 Å². The van der Waals surface area contributed by atoms with E-state index >= 15 is 0 Å². The molecule has 0 aliphatic carbocycles. The standard InChI is InChI=1S/C36H35N3O6S/c1-4-44-32-17-10-9-14-27(32)22-31(39-34(41)25-12-7-6-8-13-25)35(42)38-29-15-11-16-30(23-29)46-24(3)33(40)37-28-20-18-26(19-21-28)36(43)45-5-2/h6-24H,4-5H2,1-3H3,(H,37,40)(H,38,42)(H,39,41)/b31-22+. The molecule has 3 N–H and O–H groups in total. The fourth-order valence-corrected chi connectivity index (χ4v) is 5.16. The second-order valence-corrected chi connectivity index (χ2v) is 11.3. The lowest BCUT2D eigenvalue weighted by molar-refractivity contribution is -0.115. The van der Waals surface area contributed by atoms with Crippen LogP contribution >= 0.6 is 11.8 Å². The molecule has 3 amide bonds. The van der Waals surface area contributed by atoms with Crippen molar-refractivity contribution in [3.63, 3.8) is 0 Å². The number of anilines is 2. The minimum absolute atomic E-state index is 0.0285. The molecule has 46 heavy (non-hydrogen) atoms. The van der Waals surface area contributed by atoms with Crippen LogP contribution in [0.5, 0.6) is 5.75 Å². The molecule has 1 unspecified atom stereocenters. The number of benzene rings is 4. The van der Waals surface area contributed by atoms with Crippen molar-refractivity contribution in [2.45, 2.75) is 30.9 Å². The van der Waals surface area contributed by atoms with E-state index in [0.29, 0.717) is 40.4 Å². The van der Waals surface area contributed by atoms with E-state index in [-0.39, 0.29) is 18.2 Å². The molecule has 10 heteroatoms. The smallest absolute Gasteiger partial charge is 0.338 e. The third-order valence-corrected chi connectivity index (χ3v) is 7.58. The molecule has 0 saturated carbocycles. The molecule has 4 rings (SSSR count). The van der Waals surface area contributed by atoms with Crippen molar-refractivity contribution in [1.82, 2.24) is 5.32 Å². The van der Waals surface area contributed by atoms with Gasteiger partial charge in [-0.3, -0.25) is 14.4 Å². The van der Waals surface area contributed by atoms with Gasteiger partial charge in [-0.1, -0.05) is 42.5 Å². The van der Waals surface area contributed by atoms with E-state index in [1.807, 2.05) is 25.1 Å². The van der Waals surface area contributed by atoms with Crippen LogP contribution in [0.25, 0.3) is 6.08 Å². The van der Waals surface area contributed by atoms with Gasteiger partial charge in [0.05, 0.1) is 24.0 Å². The van der Waals surface area contributed by atoms with Crippen LogP contribution in [0.2, 0.25) is 0 Å². The molecule has 4 aromatic rings. The van der Waals surface area contributed by atoms with Gasteiger partial charge >= 0.3 is 5.97 Å². The normalized spacial score (nSPS) is 11.6. The minimum atomic E-state index is -0.533. The first-order valence-corrected chi connectivity index (χ1v) is 15.6. The number of hydrogen-bond acceptors (Lipinski definition) is 7. The predicted molar refractivity (Wildman–Crippen MR) is 181 cm³/mol. The molecule has 0 heterocycles. The first-order chi connectivity index (χ1) is 22.3. The number of nitrogens with one attached hydrogen (secondary N) is 3. The highest BCUT2D eigenvalue weighted by atomic mass is 32.2. The zero-order chi connectivity index (χ0) is 32.9. The summed E-state index contributed by atoms with van der Waals surface area (Å²) in [5.74, 6) is -1.05. The van der Waals surface area contributed by atoms with Crippen molar-refractivity contribution >= 4 is 52.9 Å². The fourth-order valence-electron chi connectivity index (χ4n) is 4.24. The van der Waals surface area contributed by atoms with Gasteiger partial charge in [0.1, 0.15) is 11.4 Å². The average molecular weight is 638 g/mol. The summed E-state index contributed by atoms with van der Waals surface area (Å²) in [5, 5.41) is 7.98. The highest BCUT2D eigenvalue weighted by molar-refractivity contribution is 8.00. The van der Waals surface area contributed by atoms with Crippen LogP contribution in [0.15, 0.2) is 114 Å². The van der Waals surface area contributed by atoms with Crippen LogP contribution in [-0.2, 0) is 14.3 Å². The van der Waals surface area contributed by atoms with Gasteiger partial charge in [-0.25, -0.2) is 4.79 Å². The quantitative estimate of drug-likeness (QED) is 0.0838. The van der Waals surface area contributed by atoms with Crippen molar-refractivity contribution in [2.24, 2.45) is 0 Å². The number of thioether (sulfide) groups is 1. The molecule has 0 saturated heterocycles. The van der Waals surface area contributed by atoms with E-state index < -0.39 is 23.0 Å². The second kappa shape index (κ2) is 16.6. The maximum absolute atomic E-state index is 13.6. The number of rotatable bonds is 13. The molecule has 0 aliphatic heterocycles. The van der Waals surface area contributed by atoms with E-state index in [4.69, 9.17) is 9.47 Å². The maximum atomic E-state index is 13.6. The van der Waals surface area contributed by atoms with Gasteiger partial charge in [-0.2, -0.15) is 0 Å². The van der Waals surface area contributed by atoms with Gasteiger partial charge in [0.25, 0.3) is 11.8 Å². The van der Waals surface area contributed by atoms with Crippen LogP contribution in [0.3, 0.4) is 0 Å². The summed E-state index contributed by atoms with van der Waals surface area (Å²) in [6.45, 7) is 6.09. The van der Waals surface area contributed by atoms with E-state index in [1.54, 1.807) is 105 Å². The summed E-state index contributed by atoms with van der Waals surface area (Å²) in [4.78, 5) is 52.1. The van der Waals surface area contributed by atoms with Gasteiger partial charge in [0.2, 0.25) is 5.91 Å². The number of carbonyl (C=O) groups excluding carboxylic acids is 4. The summed E-state index contributed by atoms with van der Waals surface area (Å²) in [6, 6.07) is 29.4. The first-order valence-electron chi connectivity index (χ1n) is 14.7. The number of hydrogen-bond donors (Lipinski definition) is 3. The summed E-state index contributed by atoms with van der Waals surface area (Å²) < 4.78 is 10.7. The van der Waals surface area contributed by atoms with Crippen LogP contribution in [-0.4, -0.2) is 42.2 Å². The molecule has 0 spiro atoms. The summed E-state index contributed by atoms with van der Waals surface area (Å²) in [5.41, 5.74) is 2.49. The number of ether oxygens (including phenoxy) is 2. The Kier molecular flexibility index (Phi) is 12.1. The lowest BCUT2D eigenvalue weighted by atomic mass is 10.1. The van der Waals surface area contributed by atoms with Gasteiger partial charge in [-0.05, 0) is 87.5 Å². The molecule has 0 radical (unpaired) electrons. The summed E-state index contributed by atoms with van der Waals surface area (Å²) >= 11 is 1.31. The molecule has 9 nitrogen and oxygen atoms in total. The predicted octanol–water partition coefficient (Wildman–Crippen LogP) is 6.79. The van der Waals surface area contributed by atoms with E-state index in [1.165, 1.54) is 11.8 Å². The highest BCUT2D eigenvalue weighted by Gasteiger charge is 2.18. The Morgan fingerprint density at radius 1 is 0.761 bits per heavy atom. The first kappa shape index (κ1) is 33.5. The van der Waals surface area contributed by atoms with Crippen LogP contribution in [0, 0.1) is 0 Å². The topological polar surface area (TPSA) is 123 Å². The Labute approximate surface area is 272 Å². The molecular formula is C36H35N3O6S. The number of esters is 1. The Balaban J connectivity index is 1.46. The zero-order valence-corrected chi connectivity index (χ0v) is 26.6. The lowest BCUT2D eigenvalue weighted by Gasteiger charge is -2.15. The Hall–Kier alpha value is -5.35. The van der Waals surface area contributed by atoms with Crippen molar-refractivity contribution in [2.75, 3.05) is 23.8 Å². The molecule has 0 bridgehead atoms. The van der Waals surface area contributed by atoms with Crippen LogP contribution in [0.1, 0.15) is 47.1 Å². The second-order valence-electron chi connectivity index (χ2n) is 9.88. The van der Waals surface area contributed by atoms with Crippen molar-refractivity contribution in [1.29, 1.82) is 0 Å². The number of amides is 3.